The normalized spacial score (nSPS) is 18.1. The van der Waals surface area contributed by atoms with E-state index in [1.54, 1.807) is 18.4 Å². The Morgan fingerprint density at radius 1 is 1.36 bits per heavy atom. The molecule has 2 aromatic rings. The molecule has 22 heavy (non-hydrogen) atoms. The molecule has 116 valence electrons. The van der Waals surface area contributed by atoms with E-state index in [0.717, 1.165) is 5.56 Å². The van der Waals surface area contributed by atoms with Crippen LogP contribution < -0.4 is 4.74 Å². The average Bonchev–Trinajstić information content (AvgIpc) is 2.80. The Bertz CT molecular complexity index is 743. The summed E-state index contributed by atoms with van der Waals surface area (Å²) in [4.78, 5) is 0.615. The van der Waals surface area contributed by atoms with Gasteiger partial charge in [0, 0.05) is 33.4 Å². The highest BCUT2D eigenvalue weighted by molar-refractivity contribution is 7.84. The summed E-state index contributed by atoms with van der Waals surface area (Å²) in [6.45, 7) is 0. The number of hydrogen-bond donors (Lipinski definition) is 1. The molecule has 0 radical (unpaired) electrons. The maximum absolute atomic E-state index is 13.4. The molecule has 3 nitrogen and oxygen atoms in total. The van der Waals surface area contributed by atoms with Gasteiger partial charge >= 0.3 is 0 Å². The highest BCUT2D eigenvalue weighted by atomic mass is 35.5. The largest absolute Gasteiger partial charge is 0.457 e. The van der Waals surface area contributed by atoms with Crippen LogP contribution in [0.5, 0.6) is 11.5 Å². The molecule has 2 atom stereocenters. The third kappa shape index (κ3) is 2.89. The summed E-state index contributed by atoms with van der Waals surface area (Å²) in [5, 5.41) is 10.4. The Balaban J connectivity index is 2.04. The number of aliphatic hydroxyl groups excluding tert-OH is 1. The van der Waals surface area contributed by atoms with Crippen LogP contribution in [0.4, 0.5) is 4.39 Å². The second-order valence-electron chi connectivity index (χ2n) is 5.17. The Labute approximate surface area is 135 Å². The van der Waals surface area contributed by atoms with Crippen LogP contribution in [-0.4, -0.2) is 15.6 Å². The smallest absolute Gasteiger partial charge is 0.131 e. The first kappa shape index (κ1) is 15.5. The van der Waals surface area contributed by atoms with E-state index in [2.05, 4.69) is 0 Å². The molecule has 0 heterocycles. The van der Waals surface area contributed by atoms with Crippen molar-refractivity contribution in [2.24, 2.45) is 0 Å². The van der Waals surface area contributed by atoms with Crippen molar-refractivity contribution in [3.63, 3.8) is 0 Å². The van der Waals surface area contributed by atoms with E-state index < -0.39 is 22.7 Å². The fraction of sp³-hybridized carbons (Fsp3) is 0.250. The van der Waals surface area contributed by atoms with Crippen molar-refractivity contribution in [2.75, 3.05) is 6.26 Å². The first-order valence-corrected chi connectivity index (χ1v) is 8.70. The van der Waals surface area contributed by atoms with Crippen molar-refractivity contribution in [1.29, 1.82) is 0 Å². The molecule has 0 aliphatic heterocycles. The predicted octanol–water partition coefficient (Wildman–Crippen LogP) is 3.99. The van der Waals surface area contributed by atoms with Crippen LogP contribution in [0.25, 0.3) is 0 Å². The summed E-state index contributed by atoms with van der Waals surface area (Å²) < 4.78 is 30.9. The van der Waals surface area contributed by atoms with Crippen LogP contribution in [0.15, 0.2) is 35.2 Å². The molecule has 0 amide bonds. The lowest BCUT2D eigenvalue weighted by molar-refractivity contribution is 0.177. The van der Waals surface area contributed by atoms with Crippen LogP contribution in [0.2, 0.25) is 5.02 Å². The van der Waals surface area contributed by atoms with Crippen LogP contribution >= 0.6 is 11.6 Å². The predicted molar refractivity (Wildman–Crippen MR) is 83.5 cm³/mol. The highest BCUT2D eigenvalue weighted by Gasteiger charge is 2.28. The molecule has 0 spiro atoms. The molecule has 0 saturated heterocycles. The Hall–Kier alpha value is -1.43. The van der Waals surface area contributed by atoms with Crippen LogP contribution in [0, 0.1) is 5.82 Å². The Morgan fingerprint density at radius 2 is 2.14 bits per heavy atom. The summed E-state index contributed by atoms with van der Waals surface area (Å²) in [6, 6.07) is 7.35. The van der Waals surface area contributed by atoms with Crippen LogP contribution in [0.3, 0.4) is 0 Å². The molecule has 0 saturated carbocycles. The van der Waals surface area contributed by atoms with Crippen molar-refractivity contribution in [3.05, 3.63) is 52.3 Å². The van der Waals surface area contributed by atoms with Gasteiger partial charge in [-0.15, -0.1) is 0 Å². The third-order valence-electron chi connectivity index (χ3n) is 3.65. The van der Waals surface area contributed by atoms with E-state index in [9.17, 15) is 13.7 Å². The van der Waals surface area contributed by atoms with E-state index in [0.29, 0.717) is 34.8 Å². The molecule has 0 aromatic heterocycles. The van der Waals surface area contributed by atoms with Gasteiger partial charge in [0.2, 0.25) is 0 Å². The molecule has 1 aliphatic carbocycles. The van der Waals surface area contributed by atoms with Crippen molar-refractivity contribution >= 4 is 22.4 Å². The Kier molecular flexibility index (Phi) is 4.21. The second kappa shape index (κ2) is 5.99. The maximum Gasteiger partial charge on any atom is 0.131 e. The highest BCUT2D eigenvalue weighted by Crippen LogP contribution is 2.42. The molecule has 3 rings (SSSR count). The zero-order valence-corrected chi connectivity index (χ0v) is 13.4. The first-order valence-electron chi connectivity index (χ1n) is 6.77. The standard InChI is InChI=1S/C16H14ClFO3S/c1-22(20)15-5-4-14(12-2-3-13(19)16(12)15)21-11-7-9(17)6-10(18)8-11/h4-8,13,19H,2-3H2,1H3. The minimum Gasteiger partial charge on any atom is -0.457 e. The Morgan fingerprint density at radius 3 is 2.82 bits per heavy atom. The van der Waals surface area contributed by atoms with Crippen molar-refractivity contribution < 1.29 is 18.4 Å². The topological polar surface area (TPSA) is 46.5 Å². The molecule has 0 bridgehead atoms. The number of hydrogen-bond acceptors (Lipinski definition) is 3. The fourth-order valence-corrected chi connectivity index (χ4v) is 3.77. The molecular weight excluding hydrogens is 327 g/mol. The van der Waals surface area contributed by atoms with Gasteiger partial charge in [-0.25, -0.2) is 4.39 Å². The van der Waals surface area contributed by atoms with Gasteiger partial charge in [-0.2, -0.15) is 0 Å². The zero-order valence-electron chi connectivity index (χ0n) is 11.8. The summed E-state index contributed by atoms with van der Waals surface area (Å²) >= 11 is 5.82. The van der Waals surface area contributed by atoms with E-state index in [1.807, 2.05) is 0 Å². The number of fused-ring (bicyclic) bond motifs is 1. The molecule has 2 aromatic carbocycles. The summed E-state index contributed by atoms with van der Waals surface area (Å²) in [5.74, 6) is 0.340. The SMILES string of the molecule is CS(=O)c1ccc(Oc2cc(F)cc(Cl)c2)c2c1C(O)CC2. The van der Waals surface area contributed by atoms with Gasteiger partial charge in [-0.3, -0.25) is 4.21 Å². The lowest BCUT2D eigenvalue weighted by Crippen LogP contribution is -2.01. The second-order valence-corrected chi connectivity index (χ2v) is 6.95. The van der Waals surface area contributed by atoms with E-state index in [-0.39, 0.29) is 5.02 Å². The van der Waals surface area contributed by atoms with Gasteiger partial charge in [0.15, 0.2) is 0 Å². The minimum absolute atomic E-state index is 0.248. The number of ether oxygens (including phenoxy) is 1. The third-order valence-corrected chi connectivity index (χ3v) is 4.84. The summed E-state index contributed by atoms with van der Waals surface area (Å²) in [7, 11) is -1.19. The molecule has 6 heteroatoms. The van der Waals surface area contributed by atoms with Gasteiger partial charge in [-0.05, 0) is 37.1 Å². The molecule has 0 fully saturated rings. The van der Waals surface area contributed by atoms with Gasteiger partial charge in [0.05, 0.1) is 16.9 Å². The van der Waals surface area contributed by atoms with E-state index in [1.165, 1.54) is 18.2 Å². The number of benzene rings is 2. The first-order chi connectivity index (χ1) is 10.5. The van der Waals surface area contributed by atoms with Crippen molar-refractivity contribution in [3.8, 4) is 11.5 Å². The van der Waals surface area contributed by atoms with Gasteiger partial charge in [-0.1, -0.05) is 11.6 Å². The molecule has 1 N–H and O–H groups in total. The zero-order chi connectivity index (χ0) is 15.9. The molecule has 1 aliphatic rings. The summed E-state index contributed by atoms with van der Waals surface area (Å²) in [5.41, 5.74) is 1.49. The number of aliphatic hydroxyl groups is 1. The quantitative estimate of drug-likeness (QED) is 0.919. The van der Waals surface area contributed by atoms with E-state index in [4.69, 9.17) is 16.3 Å². The van der Waals surface area contributed by atoms with Crippen LogP contribution in [0.1, 0.15) is 23.7 Å². The minimum atomic E-state index is -1.19. The monoisotopic (exact) mass is 340 g/mol. The van der Waals surface area contributed by atoms with E-state index >= 15 is 0 Å². The maximum atomic E-state index is 13.4. The van der Waals surface area contributed by atoms with Crippen molar-refractivity contribution in [2.45, 2.75) is 23.8 Å². The number of halogens is 2. The van der Waals surface area contributed by atoms with Gasteiger partial charge < -0.3 is 9.84 Å². The fourth-order valence-electron chi connectivity index (χ4n) is 2.73. The lowest BCUT2D eigenvalue weighted by Gasteiger charge is -2.14. The lowest BCUT2D eigenvalue weighted by atomic mass is 10.1. The molecule has 2 unspecified atom stereocenters. The average molecular weight is 341 g/mol. The summed E-state index contributed by atoms with van der Waals surface area (Å²) in [6.07, 6.45) is 2.12. The van der Waals surface area contributed by atoms with Gasteiger partial charge in [0.1, 0.15) is 17.3 Å². The molecular formula is C16H14ClFO3S. The van der Waals surface area contributed by atoms with Crippen LogP contribution in [-0.2, 0) is 17.2 Å². The number of rotatable bonds is 3. The van der Waals surface area contributed by atoms with Gasteiger partial charge in [0.25, 0.3) is 0 Å². The van der Waals surface area contributed by atoms with Crippen molar-refractivity contribution in [1.82, 2.24) is 0 Å².